The number of hydrogen-bond acceptors (Lipinski definition) is 5. The molecule has 0 unspecified atom stereocenters. The minimum absolute atomic E-state index is 0.000609. The molecule has 1 aromatic heterocycles. The molecule has 1 aromatic carbocycles. The van der Waals surface area contributed by atoms with Gasteiger partial charge in [-0.25, -0.2) is 4.79 Å². The molecule has 1 heterocycles. The zero-order valence-electron chi connectivity index (χ0n) is 16.7. The third-order valence-corrected chi connectivity index (χ3v) is 4.32. The maximum absolute atomic E-state index is 12.9. The minimum Gasteiger partial charge on any atom is -0.484 e. The quantitative estimate of drug-likeness (QED) is 0.683. The Kier molecular flexibility index (Phi) is 7.43. The molecule has 0 aliphatic carbocycles. The number of H-pyrrole nitrogens is 1. The van der Waals surface area contributed by atoms with Crippen LogP contribution in [0, 0.1) is 6.92 Å². The summed E-state index contributed by atoms with van der Waals surface area (Å²) in [6, 6.07) is 7.36. The average Bonchev–Trinajstić information content (AvgIpc) is 2.65. The molecule has 8 heteroatoms. The second-order valence-electron chi connectivity index (χ2n) is 6.65. The van der Waals surface area contributed by atoms with Crippen LogP contribution in [-0.4, -0.2) is 28.6 Å². The first-order chi connectivity index (χ1) is 13.4. The van der Waals surface area contributed by atoms with Crippen LogP contribution in [0.1, 0.15) is 38.7 Å². The van der Waals surface area contributed by atoms with Crippen LogP contribution in [0.25, 0.3) is 0 Å². The number of carbonyl (C=O) groups excluding carboxylic acids is 1. The Hall–Kier alpha value is -3.03. The number of nitrogens with one attached hydrogen (secondary N) is 1. The molecule has 152 valence electrons. The largest absolute Gasteiger partial charge is 0.484 e. The van der Waals surface area contributed by atoms with Gasteiger partial charge in [0.15, 0.2) is 12.3 Å². The summed E-state index contributed by atoms with van der Waals surface area (Å²) >= 11 is 0. The number of nitrogens with zero attached hydrogens (tertiary/aromatic N) is 2. The number of aryl methyl sites for hydroxylation is 1. The van der Waals surface area contributed by atoms with Gasteiger partial charge in [-0.1, -0.05) is 32.4 Å². The number of aromatic nitrogens is 2. The van der Waals surface area contributed by atoms with Gasteiger partial charge in [-0.2, -0.15) is 0 Å². The van der Waals surface area contributed by atoms with E-state index in [-0.39, 0.29) is 18.1 Å². The molecule has 0 bridgehead atoms. The molecular formula is C20H28N4O4. The molecule has 0 aliphatic rings. The molecule has 0 atom stereocenters. The third-order valence-electron chi connectivity index (χ3n) is 4.32. The molecule has 1 amide bonds. The van der Waals surface area contributed by atoms with Crippen molar-refractivity contribution < 1.29 is 9.53 Å². The van der Waals surface area contributed by atoms with Gasteiger partial charge < -0.3 is 15.4 Å². The highest BCUT2D eigenvalue weighted by Crippen LogP contribution is 2.19. The summed E-state index contributed by atoms with van der Waals surface area (Å²) < 4.78 is 6.88. The van der Waals surface area contributed by atoms with Crippen molar-refractivity contribution in [3.63, 3.8) is 0 Å². The summed E-state index contributed by atoms with van der Waals surface area (Å²) in [5.41, 5.74) is 5.88. The number of unbranched alkanes of at least 4 members (excludes halogenated alkanes) is 1. The van der Waals surface area contributed by atoms with E-state index in [9.17, 15) is 14.4 Å². The first kappa shape index (κ1) is 21.3. The normalized spacial score (nSPS) is 10.7. The molecule has 0 saturated carbocycles. The number of nitrogens with two attached hydrogens (primary N) is 1. The van der Waals surface area contributed by atoms with E-state index in [2.05, 4.69) is 4.98 Å². The highest BCUT2D eigenvalue weighted by molar-refractivity contribution is 5.96. The van der Waals surface area contributed by atoms with Gasteiger partial charge in [0.25, 0.3) is 11.5 Å². The van der Waals surface area contributed by atoms with Gasteiger partial charge in [-0.05, 0) is 37.5 Å². The topological polar surface area (TPSA) is 110 Å². The Morgan fingerprint density at radius 2 is 2.00 bits per heavy atom. The first-order valence-electron chi connectivity index (χ1n) is 9.51. The fourth-order valence-electron chi connectivity index (χ4n) is 2.89. The number of amides is 1. The zero-order chi connectivity index (χ0) is 20.7. The lowest BCUT2D eigenvalue weighted by Crippen LogP contribution is -2.43. The maximum atomic E-state index is 12.9. The number of ether oxygens (including phenoxy) is 1. The minimum atomic E-state index is -0.671. The van der Waals surface area contributed by atoms with Gasteiger partial charge in [0.1, 0.15) is 11.6 Å². The van der Waals surface area contributed by atoms with E-state index in [0.717, 1.165) is 12.0 Å². The van der Waals surface area contributed by atoms with E-state index >= 15 is 0 Å². The second kappa shape index (κ2) is 9.77. The molecule has 28 heavy (non-hydrogen) atoms. The van der Waals surface area contributed by atoms with Crippen molar-refractivity contribution in [2.24, 2.45) is 0 Å². The van der Waals surface area contributed by atoms with Crippen molar-refractivity contribution >= 4 is 17.4 Å². The van der Waals surface area contributed by atoms with Crippen LogP contribution >= 0.6 is 0 Å². The molecule has 0 radical (unpaired) electrons. The Labute approximate surface area is 163 Å². The predicted octanol–water partition coefficient (Wildman–Crippen LogP) is 2.05. The van der Waals surface area contributed by atoms with Crippen molar-refractivity contribution in [3.8, 4) is 5.75 Å². The Morgan fingerprint density at radius 1 is 1.25 bits per heavy atom. The standard InChI is InChI=1S/C20H28N4O4/c1-4-6-11-23(16(25)13-28-15-9-7-8-14(3)12-15)17-18(21)24(10-5-2)20(27)22-19(17)26/h7-9,12H,4-6,10-11,13,21H2,1-3H3,(H,22,26,27). The molecule has 0 saturated heterocycles. The Bertz CT molecular complexity index is 933. The summed E-state index contributed by atoms with van der Waals surface area (Å²) in [6.07, 6.45) is 2.17. The van der Waals surface area contributed by atoms with Crippen LogP contribution in [-0.2, 0) is 11.3 Å². The molecule has 2 rings (SSSR count). The SMILES string of the molecule is CCCCN(C(=O)COc1cccc(C)c1)c1c(N)n(CCC)c(=O)[nH]c1=O. The summed E-state index contributed by atoms with van der Waals surface area (Å²) in [7, 11) is 0. The van der Waals surface area contributed by atoms with Crippen LogP contribution in [0.4, 0.5) is 11.5 Å². The predicted molar refractivity (Wildman–Crippen MR) is 110 cm³/mol. The van der Waals surface area contributed by atoms with E-state index in [1.807, 2.05) is 39.0 Å². The number of benzene rings is 1. The lowest BCUT2D eigenvalue weighted by molar-refractivity contribution is -0.120. The number of nitrogen functional groups attached to an aromatic ring is 1. The van der Waals surface area contributed by atoms with Gasteiger partial charge in [0.2, 0.25) is 0 Å². The van der Waals surface area contributed by atoms with Gasteiger partial charge in [-0.3, -0.25) is 19.1 Å². The Balaban J connectivity index is 2.35. The van der Waals surface area contributed by atoms with Gasteiger partial charge in [-0.15, -0.1) is 0 Å². The summed E-state index contributed by atoms with van der Waals surface area (Å²) in [6.45, 7) is 6.23. The monoisotopic (exact) mass is 388 g/mol. The molecule has 8 nitrogen and oxygen atoms in total. The van der Waals surface area contributed by atoms with E-state index in [0.29, 0.717) is 31.7 Å². The molecule has 0 aliphatic heterocycles. The van der Waals surface area contributed by atoms with E-state index in [1.54, 1.807) is 6.07 Å². The molecule has 0 fully saturated rings. The summed E-state index contributed by atoms with van der Waals surface area (Å²) in [4.78, 5) is 41.0. The lowest BCUT2D eigenvalue weighted by Gasteiger charge is -2.24. The summed E-state index contributed by atoms with van der Waals surface area (Å²) in [5, 5.41) is 0. The second-order valence-corrected chi connectivity index (χ2v) is 6.65. The van der Waals surface area contributed by atoms with E-state index in [4.69, 9.17) is 10.5 Å². The number of anilines is 2. The highest BCUT2D eigenvalue weighted by Gasteiger charge is 2.24. The molecular weight excluding hydrogens is 360 g/mol. The summed E-state index contributed by atoms with van der Waals surface area (Å²) in [5.74, 6) is 0.172. The molecule has 3 N–H and O–H groups in total. The van der Waals surface area contributed by atoms with Gasteiger partial charge in [0.05, 0.1) is 0 Å². The first-order valence-corrected chi connectivity index (χ1v) is 9.51. The highest BCUT2D eigenvalue weighted by atomic mass is 16.5. The van der Waals surface area contributed by atoms with Crippen LogP contribution in [0.3, 0.4) is 0 Å². The van der Waals surface area contributed by atoms with E-state index < -0.39 is 17.2 Å². The number of carbonyl (C=O) groups is 1. The van der Waals surface area contributed by atoms with Crippen LogP contribution in [0.15, 0.2) is 33.9 Å². The fraction of sp³-hybridized carbons (Fsp3) is 0.450. The van der Waals surface area contributed by atoms with Crippen LogP contribution in [0.5, 0.6) is 5.75 Å². The van der Waals surface area contributed by atoms with Gasteiger partial charge >= 0.3 is 5.69 Å². The average molecular weight is 388 g/mol. The maximum Gasteiger partial charge on any atom is 0.330 e. The molecule has 2 aromatic rings. The Morgan fingerprint density at radius 3 is 2.64 bits per heavy atom. The fourth-order valence-corrected chi connectivity index (χ4v) is 2.89. The van der Waals surface area contributed by atoms with E-state index in [1.165, 1.54) is 9.47 Å². The van der Waals surface area contributed by atoms with Crippen molar-refractivity contribution in [2.45, 2.75) is 46.6 Å². The lowest BCUT2D eigenvalue weighted by atomic mass is 10.2. The number of rotatable bonds is 9. The zero-order valence-corrected chi connectivity index (χ0v) is 16.7. The van der Waals surface area contributed by atoms with Gasteiger partial charge in [0, 0.05) is 13.1 Å². The number of aromatic amines is 1. The molecule has 0 spiro atoms. The van der Waals surface area contributed by atoms with Crippen LogP contribution < -0.4 is 26.6 Å². The smallest absolute Gasteiger partial charge is 0.330 e. The van der Waals surface area contributed by atoms with Crippen molar-refractivity contribution in [3.05, 3.63) is 50.7 Å². The van der Waals surface area contributed by atoms with Crippen molar-refractivity contribution in [1.82, 2.24) is 9.55 Å². The number of hydrogen-bond donors (Lipinski definition) is 2. The van der Waals surface area contributed by atoms with Crippen molar-refractivity contribution in [2.75, 3.05) is 23.8 Å². The van der Waals surface area contributed by atoms with Crippen molar-refractivity contribution in [1.29, 1.82) is 0 Å². The van der Waals surface area contributed by atoms with Crippen LogP contribution in [0.2, 0.25) is 0 Å². The third kappa shape index (κ3) is 5.03.